The summed E-state index contributed by atoms with van der Waals surface area (Å²) in [6.45, 7) is 2.38. The van der Waals surface area contributed by atoms with Crippen molar-refractivity contribution in [2.45, 2.75) is 6.92 Å². The second-order valence-electron chi connectivity index (χ2n) is 7.29. The van der Waals surface area contributed by atoms with Crippen LogP contribution in [0.25, 0.3) is 33.5 Å². The van der Waals surface area contributed by atoms with Crippen LogP contribution in [0.15, 0.2) is 47.3 Å². The number of fused-ring (bicyclic) bond motifs is 1. The van der Waals surface area contributed by atoms with E-state index in [1.165, 1.54) is 7.11 Å². The van der Waals surface area contributed by atoms with Gasteiger partial charge in [0.1, 0.15) is 12.9 Å². The van der Waals surface area contributed by atoms with E-state index in [9.17, 15) is 4.79 Å². The van der Waals surface area contributed by atoms with Gasteiger partial charge in [-0.1, -0.05) is 29.3 Å². The third kappa shape index (κ3) is 4.20. The van der Waals surface area contributed by atoms with Crippen molar-refractivity contribution in [3.63, 3.8) is 0 Å². The quantitative estimate of drug-likeness (QED) is 0.380. The molecule has 4 N–H and O–H groups in total. The van der Waals surface area contributed by atoms with Gasteiger partial charge in [-0.2, -0.15) is 0 Å². The van der Waals surface area contributed by atoms with Crippen LogP contribution in [0.4, 0.5) is 11.5 Å². The summed E-state index contributed by atoms with van der Waals surface area (Å²) in [6, 6.07) is 12.2. The van der Waals surface area contributed by atoms with Gasteiger partial charge >= 0.3 is 0 Å². The number of aromatic nitrogens is 3. The standard InChI is InChI=1S/C23H21Cl2N5O3/c1-12-10-13(27-8-9-31)6-7-14(12)21-28-20(26)16-11-15(19-17(24)4-3-5-18(19)25)23(32)30(33-2)22(16)29-21/h3-7,10-11,27,31H,8-9H2,1-2H3,(H2,26,28,29). The van der Waals surface area contributed by atoms with Gasteiger partial charge in [0.15, 0.2) is 11.5 Å². The summed E-state index contributed by atoms with van der Waals surface area (Å²) >= 11 is 12.7. The molecule has 0 atom stereocenters. The predicted octanol–water partition coefficient (Wildman–Crippen LogP) is 3.79. The molecule has 33 heavy (non-hydrogen) atoms. The number of rotatable bonds is 6. The summed E-state index contributed by atoms with van der Waals surface area (Å²) in [4.78, 5) is 27.7. The van der Waals surface area contributed by atoms with Crippen LogP contribution >= 0.6 is 23.2 Å². The summed E-state index contributed by atoms with van der Waals surface area (Å²) in [7, 11) is 1.36. The molecule has 10 heteroatoms. The van der Waals surface area contributed by atoms with E-state index in [1.54, 1.807) is 24.3 Å². The first-order valence-corrected chi connectivity index (χ1v) is 10.8. The molecule has 0 aliphatic heterocycles. The van der Waals surface area contributed by atoms with Crippen molar-refractivity contribution < 1.29 is 9.94 Å². The maximum Gasteiger partial charge on any atom is 0.293 e. The molecule has 0 bridgehead atoms. The molecule has 0 fully saturated rings. The minimum atomic E-state index is -0.482. The van der Waals surface area contributed by atoms with Crippen molar-refractivity contribution in [2.75, 3.05) is 31.3 Å². The highest BCUT2D eigenvalue weighted by atomic mass is 35.5. The molecule has 0 aliphatic rings. The zero-order valence-electron chi connectivity index (χ0n) is 17.9. The number of aryl methyl sites for hydroxylation is 1. The maximum atomic E-state index is 13.3. The lowest BCUT2D eigenvalue weighted by Gasteiger charge is -2.15. The van der Waals surface area contributed by atoms with Gasteiger partial charge in [0.05, 0.1) is 27.6 Å². The minimum absolute atomic E-state index is 0.0288. The number of pyridine rings is 1. The third-order valence-electron chi connectivity index (χ3n) is 5.17. The zero-order chi connectivity index (χ0) is 23.7. The van der Waals surface area contributed by atoms with Gasteiger partial charge in [-0.05, 0) is 48.9 Å². The van der Waals surface area contributed by atoms with E-state index in [-0.39, 0.29) is 23.6 Å². The Bertz CT molecular complexity index is 1400. The Hall–Kier alpha value is -3.33. The molecule has 0 saturated heterocycles. The summed E-state index contributed by atoms with van der Waals surface area (Å²) in [6.07, 6.45) is 0. The monoisotopic (exact) mass is 485 g/mol. The number of nitrogens with zero attached hydrogens (tertiary/aromatic N) is 3. The van der Waals surface area contributed by atoms with Crippen LogP contribution in [0.2, 0.25) is 10.0 Å². The van der Waals surface area contributed by atoms with E-state index in [0.29, 0.717) is 33.4 Å². The second-order valence-corrected chi connectivity index (χ2v) is 8.10. The number of anilines is 2. The number of halogens is 2. The Kier molecular flexibility index (Phi) is 6.42. The zero-order valence-corrected chi connectivity index (χ0v) is 19.4. The van der Waals surface area contributed by atoms with Crippen LogP contribution in [0, 0.1) is 6.92 Å². The van der Waals surface area contributed by atoms with E-state index in [2.05, 4.69) is 15.3 Å². The first-order valence-electron chi connectivity index (χ1n) is 10.0. The van der Waals surface area contributed by atoms with Gasteiger partial charge in [0.2, 0.25) is 0 Å². The van der Waals surface area contributed by atoms with E-state index in [4.69, 9.17) is 38.9 Å². The van der Waals surface area contributed by atoms with E-state index in [0.717, 1.165) is 21.5 Å². The van der Waals surface area contributed by atoms with Crippen molar-refractivity contribution >= 4 is 45.7 Å². The number of aliphatic hydroxyl groups is 1. The van der Waals surface area contributed by atoms with Gasteiger partial charge in [-0.15, -0.1) is 4.73 Å². The number of nitrogens with one attached hydrogen (secondary N) is 1. The molecular weight excluding hydrogens is 465 g/mol. The summed E-state index contributed by atoms with van der Waals surface area (Å²) in [5.41, 5.74) is 9.14. The Morgan fingerprint density at radius 1 is 1.12 bits per heavy atom. The first-order chi connectivity index (χ1) is 15.8. The van der Waals surface area contributed by atoms with Crippen LogP contribution in [-0.2, 0) is 0 Å². The first kappa shape index (κ1) is 22.8. The number of hydrogen-bond donors (Lipinski definition) is 3. The minimum Gasteiger partial charge on any atom is -0.412 e. The SMILES string of the molecule is COn1c(=O)c(-c2c(Cl)cccc2Cl)cc2c(N)nc(-c3ccc(NCCO)cc3C)nc21. The Morgan fingerprint density at radius 3 is 2.48 bits per heavy atom. The molecule has 0 aliphatic carbocycles. The van der Waals surface area contributed by atoms with Crippen LogP contribution < -0.4 is 21.4 Å². The molecule has 0 radical (unpaired) electrons. The normalized spacial score (nSPS) is 11.1. The second kappa shape index (κ2) is 9.27. The van der Waals surface area contributed by atoms with E-state index >= 15 is 0 Å². The Balaban J connectivity index is 1.92. The van der Waals surface area contributed by atoms with Crippen LogP contribution in [0.3, 0.4) is 0 Å². The molecular formula is C23H21Cl2N5O3. The fourth-order valence-corrected chi connectivity index (χ4v) is 4.23. The number of hydrogen-bond acceptors (Lipinski definition) is 7. The van der Waals surface area contributed by atoms with E-state index < -0.39 is 5.56 Å². The van der Waals surface area contributed by atoms with Crippen LogP contribution in [0.5, 0.6) is 0 Å². The summed E-state index contributed by atoms with van der Waals surface area (Å²) in [5.74, 6) is 0.520. The molecule has 0 amide bonds. The molecule has 0 saturated carbocycles. The Morgan fingerprint density at radius 2 is 1.85 bits per heavy atom. The maximum absolute atomic E-state index is 13.3. The molecule has 0 spiro atoms. The predicted molar refractivity (Wildman–Crippen MR) is 132 cm³/mol. The van der Waals surface area contributed by atoms with Crippen LogP contribution in [-0.4, -0.2) is 40.1 Å². The van der Waals surface area contributed by atoms with Gasteiger partial charge in [0, 0.05) is 23.4 Å². The largest absolute Gasteiger partial charge is 0.412 e. The lowest BCUT2D eigenvalue weighted by molar-refractivity contribution is 0.168. The highest BCUT2D eigenvalue weighted by Gasteiger charge is 2.20. The lowest BCUT2D eigenvalue weighted by Crippen LogP contribution is -2.27. The number of benzene rings is 2. The smallest absolute Gasteiger partial charge is 0.293 e. The fourth-order valence-electron chi connectivity index (χ4n) is 3.63. The summed E-state index contributed by atoms with van der Waals surface area (Å²) < 4.78 is 1.05. The number of nitrogens with two attached hydrogens (primary N) is 1. The molecule has 170 valence electrons. The number of aliphatic hydroxyl groups excluding tert-OH is 1. The van der Waals surface area contributed by atoms with E-state index in [1.807, 2.05) is 25.1 Å². The molecule has 8 nitrogen and oxygen atoms in total. The van der Waals surface area contributed by atoms with Crippen molar-refractivity contribution in [1.82, 2.24) is 14.7 Å². The average Bonchev–Trinajstić information content (AvgIpc) is 2.78. The average molecular weight is 486 g/mol. The Labute approximate surface area is 199 Å². The van der Waals surface area contributed by atoms with Crippen molar-refractivity contribution in [1.29, 1.82) is 0 Å². The topological polar surface area (TPSA) is 115 Å². The molecule has 2 aromatic carbocycles. The van der Waals surface area contributed by atoms with Crippen molar-refractivity contribution in [3.8, 4) is 22.5 Å². The van der Waals surface area contributed by atoms with Gasteiger partial charge in [-0.25, -0.2) is 9.97 Å². The van der Waals surface area contributed by atoms with Gasteiger partial charge in [0.25, 0.3) is 5.56 Å². The lowest BCUT2D eigenvalue weighted by atomic mass is 10.0. The van der Waals surface area contributed by atoms with Gasteiger partial charge in [-0.3, -0.25) is 4.79 Å². The van der Waals surface area contributed by atoms with Gasteiger partial charge < -0.3 is 21.0 Å². The number of nitrogen functional groups attached to an aromatic ring is 1. The highest BCUT2D eigenvalue weighted by Crippen LogP contribution is 2.35. The molecule has 0 unspecified atom stereocenters. The molecule has 4 rings (SSSR count). The van der Waals surface area contributed by atoms with Crippen molar-refractivity contribution in [3.05, 3.63) is 68.4 Å². The highest BCUT2D eigenvalue weighted by molar-refractivity contribution is 6.39. The molecule has 2 aromatic heterocycles. The summed E-state index contributed by atoms with van der Waals surface area (Å²) in [5, 5.41) is 13.2. The van der Waals surface area contributed by atoms with Crippen molar-refractivity contribution in [2.24, 2.45) is 0 Å². The van der Waals surface area contributed by atoms with Crippen LogP contribution in [0.1, 0.15) is 5.56 Å². The molecule has 2 heterocycles. The fraction of sp³-hybridized carbons (Fsp3) is 0.174. The molecule has 4 aromatic rings. The third-order valence-corrected chi connectivity index (χ3v) is 5.80.